The maximum atomic E-state index is 6.95. The van der Waals surface area contributed by atoms with Gasteiger partial charge in [0.2, 0.25) is 0 Å². The molecule has 0 bridgehead atoms. The minimum atomic E-state index is -1.63. The smallest absolute Gasteiger partial charge is 1.00 e. The van der Waals surface area contributed by atoms with E-state index in [1.54, 1.807) is 16.0 Å². The molecule has 0 fully saturated rings. The van der Waals surface area contributed by atoms with Crippen molar-refractivity contribution in [3.05, 3.63) is 58.3 Å². The summed E-state index contributed by atoms with van der Waals surface area (Å²) in [6.07, 6.45) is 7.76. The predicted octanol–water partition coefficient (Wildman–Crippen LogP) is -1.31. The summed E-state index contributed by atoms with van der Waals surface area (Å²) < 4.78 is 0.698. The van der Waals surface area contributed by atoms with E-state index in [2.05, 4.69) is 43.4 Å². The molecule has 21 heavy (non-hydrogen) atoms. The molecule has 2 unspecified atom stereocenters. The summed E-state index contributed by atoms with van der Waals surface area (Å²) in [5, 5.41) is 3.28. The van der Waals surface area contributed by atoms with Gasteiger partial charge < -0.3 is 24.8 Å². The van der Waals surface area contributed by atoms with E-state index in [1.807, 2.05) is 0 Å². The zero-order chi connectivity index (χ0) is 13.2. The van der Waals surface area contributed by atoms with E-state index in [0.717, 1.165) is 6.42 Å². The molecule has 0 nitrogen and oxygen atoms in total. The van der Waals surface area contributed by atoms with Gasteiger partial charge >= 0.3 is 135 Å². The van der Waals surface area contributed by atoms with Crippen LogP contribution in [-0.4, -0.2) is 7.38 Å². The first-order chi connectivity index (χ1) is 9.18. The zero-order valence-corrected chi connectivity index (χ0v) is 18.5. The topological polar surface area (TPSA) is 0 Å². The third kappa shape index (κ3) is 2.33. The quantitative estimate of drug-likeness (QED) is 0.337. The van der Waals surface area contributed by atoms with Gasteiger partial charge in [-0.2, -0.15) is 0 Å². The molecule has 4 rings (SSSR count). The second-order valence-corrected chi connectivity index (χ2v) is 12.8. The van der Waals surface area contributed by atoms with Crippen LogP contribution in [0.25, 0.3) is 10.8 Å². The van der Waals surface area contributed by atoms with Crippen LogP contribution in [0.2, 0.25) is 6.04 Å². The first-order valence-corrected chi connectivity index (χ1v) is 12.1. The fourth-order valence-electron chi connectivity index (χ4n) is 3.55. The third-order valence-corrected chi connectivity index (χ3v) is 13.2. The largest absolute Gasteiger partial charge is 1.00 e. The molecule has 1 heterocycles. The summed E-state index contributed by atoms with van der Waals surface area (Å²) in [6, 6.07) is 8.02. The minimum absolute atomic E-state index is 0. The van der Waals surface area contributed by atoms with E-state index in [-0.39, 0.29) is 24.8 Å². The number of hydrogen-bond donors (Lipinski definition) is 0. The van der Waals surface area contributed by atoms with Gasteiger partial charge in [0.1, 0.15) is 0 Å². The molecule has 0 aromatic heterocycles. The van der Waals surface area contributed by atoms with E-state index in [0.29, 0.717) is 3.67 Å². The Morgan fingerprint density at radius 3 is 2.71 bits per heavy atom. The fourth-order valence-corrected chi connectivity index (χ4v) is 13.8. The van der Waals surface area contributed by atoms with Crippen molar-refractivity contribution in [2.75, 3.05) is 0 Å². The molecule has 1 aromatic carbocycles. The average molecular weight is 519 g/mol. The molecule has 5 heteroatoms. The zero-order valence-electron chi connectivity index (χ0n) is 11.6. The molecular formula is C16H14Cl3HfSi. The monoisotopic (exact) mass is 519 g/mol. The Labute approximate surface area is 158 Å². The molecule has 0 N–H and O–H groups in total. The van der Waals surface area contributed by atoms with Crippen LogP contribution in [0.4, 0.5) is 0 Å². The van der Waals surface area contributed by atoms with Crippen molar-refractivity contribution in [3.8, 4) is 0 Å². The Hall–Kier alpha value is 0.397. The molecule has 107 valence electrons. The molecule has 1 aliphatic heterocycles. The molecule has 0 radical (unpaired) electrons. The third-order valence-electron chi connectivity index (χ3n) is 4.58. The van der Waals surface area contributed by atoms with Crippen LogP contribution in [0.1, 0.15) is 33.7 Å². The van der Waals surface area contributed by atoms with E-state index < -0.39 is 7.38 Å². The number of fused-ring (bicyclic) bond motifs is 2. The summed E-state index contributed by atoms with van der Waals surface area (Å²) in [5.74, 6) is 0. The Bertz CT molecular complexity index is 693. The maximum absolute atomic E-state index is 6.95. The molecule has 0 saturated heterocycles. The molecule has 0 amide bonds. The standard InChI is InChI=1S/C16H14ClSi.2ClH.Hf/c1-2-18(17)14-10-12-8-5-9-13(15(12)16(14)18)11-6-3-4-7-11;;;/h3-6,8-10H,2,7H2,1H3;2*1H;/q;;;+2/p-2. The van der Waals surface area contributed by atoms with Crippen LogP contribution >= 0.6 is 11.1 Å². The second-order valence-electron chi connectivity index (χ2n) is 5.47. The minimum Gasteiger partial charge on any atom is -1.00 e. The Balaban J connectivity index is 0.000000807. The first-order valence-electron chi connectivity index (χ1n) is 6.83. The van der Waals surface area contributed by atoms with Crippen molar-refractivity contribution in [3.63, 3.8) is 0 Å². The van der Waals surface area contributed by atoms with Gasteiger partial charge in [0.15, 0.2) is 0 Å². The molecular weight excluding hydrogens is 505 g/mol. The molecule has 0 saturated carbocycles. The Morgan fingerprint density at radius 2 is 2.10 bits per heavy atom. The molecule has 2 atom stereocenters. The van der Waals surface area contributed by atoms with Crippen molar-refractivity contribution in [1.29, 1.82) is 0 Å². The molecule has 2 aliphatic carbocycles. The summed E-state index contributed by atoms with van der Waals surface area (Å²) in [4.78, 5) is 0. The van der Waals surface area contributed by atoms with Crippen LogP contribution in [0.5, 0.6) is 0 Å². The molecule has 1 aromatic rings. The number of allylic oxidation sites excluding steroid dienone is 5. The number of rotatable bonds is 2. The summed E-state index contributed by atoms with van der Waals surface area (Å²) in [6.45, 7) is 2.27. The van der Waals surface area contributed by atoms with Crippen LogP contribution in [0.3, 0.4) is 0 Å². The van der Waals surface area contributed by atoms with Gasteiger partial charge in [-0.1, -0.05) is 0 Å². The van der Waals surface area contributed by atoms with Crippen LogP contribution in [0, 0.1) is 0 Å². The van der Waals surface area contributed by atoms with Gasteiger partial charge in [-0.15, -0.1) is 0 Å². The van der Waals surface area contributed by atoms with Gasteiger partial charge in [0, 0.05) is 0 Å². The summed E-state index contributed by atoms with van der Waals surface area (Å²) in [5.41, 5.74) is 6.03. The molecule has 0 spiro atoms. The van der Waals surface area contributed by atoms with Gasteiger partial charge in [0.25, 0.3) is 0 Å². The number of halogens is 3. The SMILES string of the molecule is CC[Si]1(Cl)C2=C1[CH]([Hf+2])c1cccc(C3=CC=CC3)c12.[Cl-].[Cl-]. The predicted molar refractivity (Wildman–Crippen MR) is 79.9 cm³/mol. The average Bonchev–Trinajstić information content (AvgIpc) is 2.81. The van der Waals surface area contributed by atoms with E-state index in [4.69, 9.17) is 11.1 Å². The fraction of sp³-hybridized carbons (Fsp3) is 0.250. The van der Waals surface area contributed by atoms with Crippen LogP contribution in [-0.2, 0) is 24.4 Å². The summed E-state index contributed by atoms with van der Waals surface area (Å²) in [7, 11) is -1.63. The number of benzene rings is 1. The van der Waals surface area contributed by atoms with Gasteiger partial charge in [0.05, 0.1) is 0 Å². The van der Waals surface area contributed by atoms with Crippen molar-refractivity contribution >= 4 is 29.2 Å². The Kier molecular flexibility index (Phi) is 5.18. The van der Waals surface area contributed by atoms with Gasteiger partial charge in [-0.05, 0) is 0 Å². The van der Waals surface area contributed by atoms with E-state index >= 15 is 0 Å². The first kappa shape index (κ1) is 17.7. The maximum Gasteiger partial charge on any atom is -1.00 e. The normalized spacial score (nSPS) is 27.6. The van der Waals surface area contributed by atoms with E-state index in [9.17, 15) is 0 Å². The van der Waals surface area contributed by atoms with Crippen molar-refractivity contribution in [2.45, 2.75) is 23.1 Å². The van der Waals surface area contributed by atoms with Crippen LogP contribution < -0.4 is 24.8 Å². The van der Waals surface area contributed by atoms with Gasteiger partial charge in [-0.25, -0.2) is 0 Å². The Morgan fingerprint density at radius 1 is 1.33 bits per heavy atom. The molecule has 3 aliphatic rings. The van der Waals surface area contributed by atoms with Crippen LogP contribution in [0.15, 0.2) is 41.6 Å². The van der Waals surface area contributed by atoms with Crippen molar-refractivity contribution in [2.24, 2.45) is 0 Å². The van der Waals surface area contributed by atoms with E-state index in [1.165, 1.54) is 47.1 Å². The van der Waals surface area contributed by atoms with Crippen molar-refractivity contribution < 1.29 is 49.2 Å². The van der Waals surface area contributed by atoms with Crippen molar-refractivity contribution in [1.82, 2.24) is 0 Å². The number of hydrogen-bond acceptors (Lipinski definition) is 0. The summed E-state index contributed by atoms with van der Waals surface area (Å²) >= 11 is 8.15. The van der Waals surface area contributed by atoms with Gasteiger partial charge in [-0.3, -0.25) is 0 Å². The second kappa shape index (κ2) is 6.12.